The molecule has 9 heteroatoms. The molecule has 190 valence electrons. The summed E-state index contributed by atoms with van der Waals surface area (Å²) in [5.74, 6) is 0.00396. The lowest BCUT2D eigenvalue weighted by Crippen LogP contribution is -2.35. The van der Waals surface area contributed by atoms with E-state index in [1.54, 1.807) is 12.1 Å². The Balaban J connectivity index is 1.54. The van der Waals surface area contributed by atoms with Crippen molar-refractivity contribution in [3.63, 3.8) is 0 Å². The minimum Gasteiger partial charge on any atom is -0.367 e. The first-order valence-corrected chi connectivity index (χ1v) is 12.7. The summed E-state index contributed by atoms with van der Waals surface area (Å²) in [5.41, 5.74) is 4.38. The number of rotatable bonds is 8. The largest absolute Gasteiger partial charge is 0.367 e. The first-order chi connectivity index (χ1) is 18.1. The molecule has 4 aromatic rings. The summed E-state index contributed by atoms with van der Waals surface area (Å²) in [6, 6.07) is 19.9. The molecule has 37 heavy (non-hydrogen) atoms. The van der Waals surface area contributed by atoms with Gasteiger partial charge in [0.25, 0.3) is 0 Å². The van der Waals surface area contributed by atoms with Gasteiger partial charge in [-0.05, 0) is 59.9 Å². The minimum atomic E-state index is -0.502. The second-order valence-corrected chi connectivity index (χ2v) is 9.20. The second kappa shape index (κ2) is 11.2. The molecule has 5 rings (SSSR count). The zero-order chi connectivity index (χ0) is 25.6. The Labute approximate surface area is 215 Å². The maximum atomic E-state index is 14.2. The quantitative estimate of drug-likeness (QED) is 0.258. The molecule has 1 aliphatic rings. The van der Waals surface area contributed by atoms with Crippen molar-refractivity contribution in [2.24, 2.45) is 0 Å². The van der Waals surface area contributed by atoms with E-state index in [9.17, 15) is 9.18 Å². The molecule has 1 fully saturated rings. The number of aromatic nitrogens is 4. The van der Waals surface area contributed by atoms with Gasteiger partial charge >= 0.3 is 6.03 Å². The number of carbonyl (C=O) groups excluding carboxylic acids is 1. The highest BCUT2D eigenvalue weighted by atomic mass is 19.1. The summed E-state index contributed by atoms with van der Waals surface area (Å²) in [5, 5.41) is 20.2. The zero-order valence-electron chi connectivity index (χ0n) is 20.7. The van der Waals surface area contributed by atoms with Crippen LogP contribution in [-0.4, -0.2) is 39.2 Å². The number of carbonyl (C=O) groups is 1. The monoisotopic (exact) mass is 499 g/mol. The van der Waals surface area contributed by atoms with Crippen LogP contribution in [0.4, 0.5) is 26.2 Å². The van der Waals surface area contributed by atoms with Crippen LogP contribution in [0.3, 0.4) is 0 Å². The Bertz CT molecular complexity index is 1350. The van der Waals surface area contributed by atoms with Crippen molar-refractivity contribution in [2.45, 2.75) is 45.1 Å². The number of nitrogens with zero attached hydrogens (tertiary/aromatic N) is 4. The SMILES string of the molecule is CCCN(c1ccc(-c2ccccc2-c2nn[nH]n2)cc1NC(=O)Nc1ccccc1F)C1CCCC1. The number of para-hydroxylation sites is 1. The van der Waals surface area contributed by atoms with Gasteiger partial charge in [-0.2, -0.15) is 5.21 Å². The maximum absolute atomic E-state index is 14.2. The number of nitrogens with one attached hydrogen (secondary N) is 3. The maximum Gasteiger partial charge on any atom is 0.323 e. The predicted octanol–water partition coefficient (Wildman–Crippen LogP) is 6.48. The first-order valence-electron chi connectivity index (χ1n) is 12.7. The normalized spacial score (nSPS) is 13.5. The van der Waals surface area contributed by atoms with Crippen molar-refractivity contribution < 1.29 is 9.18 Å². The van der Waals surface area contributed by atoms with Gasteiger partial charge in [0.2, 0.25) is 5.82 Å². The first kappa shape index (κ1) is 24.4. The van der Waals surface area contributed by atoms with Gasteiger partial charge in [0.05, 0.1) is 17.1 Å². The molecule has 1 saturated carbocycles. The smallest absolute Gasteiger partial charge is 0.323 e. The van der Waals surface area contributed by atoms with Crippen molar-refractivity contribution in [1.29, 1.82) is 0 Å². The Morgan fingerprint density at radius 2 is 1.73 bits per heavy atom. The Kier molecular flexibility index (Phi) is 7.39. The van der Waals surface area contributed by atoms with Crippen LogP contribution in [0.2, 0.25) is 0 Å². The molecule has 0 unspecified atom stereocenters. The standard InChI is InChI=1S/C28H30FN7O/c1-2-17-36(20-9-3-4-10-20)26-16-15-19(21-11-5-6-12-22(21)27-32-34-35-33-27)18-25(26)31-28(37)30-24-14-8-7-13-23(24)29/h5-8,11-16,18,20H,2-4,9-10,17H2,1H3,(H2,30,31,37)(H,32,33,34,35). The average Bonchev–Trinajstić information content (AvgIpc) is 3.64. The molecule has 0 radical (unpaired) electrons. The third-order valence-electron chi connectivity index (χ3n) is 6.73. The zero-order valence-corrected chi connectivity index (χ0v) is 20.7. The molecule has 8 nitrogen and oxygen atoms in total. The van der Waals surface area contributed by atoms with E-state index in [0.29, 0.717) is 17.6 Å². The molecule has 0 bridgehead atoms. The summed E-state index contributed by atoms with van der Waals surface area (Å²) in [4.78, 5) is 15.5. The number of benzene rings is 3. The summed E-state index contributed by atoms with van der Waals surface area (Å²) in [6.07, 6.45) is 5.65. The van der Waals surface area contributed by atoms with E-state index in [2.05, 4.69) is 55.2 Å². The molecular weight excluding hydrogens is 469 g/mol. The van der Waals surface area contributed by atoms with E-state index in [1.807, 2.05) is 30.3 Å². The van der Waals surface area contributed by atoms with Gasteiger partial charge in [0, 0.05) is 18.2 Å². The van der Waals surface area contributed by atoms with Crippen LogP contribution in [-0.2, 0) is 0 Å². The van der Waals surface area contributed by atoms with Gasteiger partial charge in [0.15, 0.2) is 0 Å². The minimum absolute atomic E-state index is 0.126. The second-order valence-electron chi connectivity index (χ2n) is 9.20. The van der Waals surface area contributed by atoms with Crippen LogP contribution in [0, 0.1) is 5.82 Å². The molecule has 0 atom stereocenters. The van der Waals surface area contributed by atoms with Crippen LogP contribution >= 0.6 is 0 Å². The molecule has 0 aliphatic heterocycles. The molecule has 3 N–H and O–H groups in total. The van der Waals surface area contributed by atoms with E-state index in [0.717, 1.165) is 48.2 Å². The number of anilines is 3. The van der Waals surface area contributed by atoms with Gasteiger partial charge in [-0.15, -0.1) is 10.2 Å². The number of H-pyrrole nitrogens is 1. The third kappa shape index (κ3) is 5.45. The van der Waals surface area contributed by atoms with Crippen LogP contribution in [0.1, 0.15) is 39.0 Å². The van der Waals surface area contributed by atoms with E-state index in [4.69, 9.17) is 0 Å². The van der Waals surface area contributed by atoms with Crippen molar-refractivity contribution >= 4 is 23.1 Å². The molecule has 0 saturated heterocycles. The number of aromatic amines is 1. The summed E-state index contributed by atoms with van der Waals surface area (Å²) in [6.45, 7) is 3.04. The molecule has 3 aromatic carbocycles. The predicted molar refractivity (Wildman–Crippen MR) is 144 cm³/mol. The molecule has 1 heterocycles. The third-order valence-corrected chi connectivity index (χ3v) is 6.73. The summed E-state index contributed by atoms with van der Waals surface area (Å²) in [7, 11) is 0. The molecule has 0 spiro atoms. The van der Waals surface area contributed by atoms with Crippen LogP contribution in [0.25, 0.3) is 22.5 Å². The molecule has 1 aromatic heterocycles. The number of amides is 2. The lowest BCUT2D eigenvalue weighted by molar-refractivity contribution is 0.262. The van der Waals surface area contributed by atoms with Gasteiger partial charge in [-0.25, -0.2) is 9.18 Å². The van der Waals surface area contributed by atoms with Gasteiger partial charge < -0.3 is 15.5 Å². The van der Waals surface area contributed by atoms with Gasteiger partial charge in [-0.1, -0.05) is 62.2 Å². The van der Waals surface area contributed by atoms with Crippen LogP contribution < -0.4 is 15.5 Å². The highest BCUT2D eigenvalue weighted by Crippen LogP contribution is 2.38. The Morgan fingerprint density at radius 3 is 2.46 bits per heavy atom. The Hall–Kier alpha value is -4.27. The highest BCUT2D eigenvalue weighted by molar-refractivity contribution is 6.02. The fourth-order valence-electron chi connectivity index (χ4n) is 5.05. The van der Waals surface area contributed by atoms with Crippen LogP contribution in [0.5, 0.6) is 0 Å². The summed E-state index contributed by atoms with van der Waals surface area (Å²) >= 11 is 0. The number of urea groups is 1. The lowest BCUT2D eigenvalue weighted by atomic mass is 9.97. The van der Waals surface area contributed by atoms with Crippen molar-refractivity contribution in [3.05, 3.63) is 72.5 Å². The van der Waals surface area contributed by atoms with Gasteiger partial charge in [0.1, 0.15) is 5.82 Å². The number of hydrogen-bond donors (Lipinski definition) is 3. The fourth-order valence-corrected chi connectivity index (χ4v) is 5.05. The highest BCUT2D eigenvalue weighted by Gasteiger charge is 2.25. The molecule has 1 aliphatic carbocycles. The van der Waals surface area contributed by atoms with E-state index in [1.165, 1.54) is 25.0 Å². The fraction of sp³-hybridized carbons (Fsp3) is 0.286. The molecule has 2 amide bonds. The van der Waals surface area contributed by atoms with E-state index in [-0.39, 0.29) is 5.69 Å². The van der Waals surface area contributed by atoms with E-state index < -0.39 is 11.8 Å². The molecular formula is C28H30FN7O. The van der Waals surface area contributed by atoms with Crippen LogP contribution in [0.15, 0.2) is 66.7 Å². The Morgan fingerprint density at radius 1 is 1.00 bits per heavy atom. The van der Waals surface area contributed by atoms with Gasteiger partial charge in [-0.3, -0.25) is 0 Å². The number of hydrogen-bond acceptors (Lipinski definition) is 5. The topological polar surface area (TPSA) is 98.8 Å². The summed E-state index contributed by atoms with van der Waals surface area (Å²) < 4.78 is 14.2. The lowest BCUT2D eigenvalue weighted by Gasteiger charge is -2.33. The number of tetrazole rings is 1. The van der Waals surface area contributed by atoms with Crippen molar-refractivity contribution in [1.82, 2.24) is 20.6 Å². The van der Waals surface area contributed by atoms with E-state index >= 15 is 0 Å². The van der Waals surface area contributed by atoms with Crippen molar-refractivity contribution in [2.75, 3.05) is 22.1 Å². The van der Waals surface area contributed by atoms with Crippen molar-refractivity contribution in [3.8, 4) is 22.5 Å². The number of halogens is 1. The average molecular weight is 500 g/mol.